The van der Waals surface area contributed by atoms with E-state index in [4.69, 9.17) is 11.6 Å². The molecule has 0 unspecified atom stereocenters. The number of para-hydroxylation sites is 1. The van der Waals surface area contributed by atoms with Gasteiger partial charge in [-0.25, -0.2) is 8.42 Å². The van der Waals surface area contributed by atoms with Crippen LogP contribution in [-0.4, -0.2) is 25.0 Å². The zero-order valence-electron chi connectivity index (χ0n) is 9.14. The fraction of sp³-hybridized carbons (Fsp3) is 0.250. The molecule has 2 aromatic rings. The van der Waals surface area contributed by atoms with Crippen molar-refractivity contribution in [3.8, 4) is 0 Å². The van der Waals surface area contributed by atoms with E-state index >= 15 is 0 Å². The maximum atomic E-state index is 12.1. The molecular formula is C12H12ClNO2S. The molecule has 0 fully saturated rings. The fourth-order valence-corrected chi connectivity index (χ4v) is 3.47. The van der Waals surface area contributed by atoms with Crippen molar-refractivity contribution in [2.45, 2.75) is 11.3 Å². The lowest BCUT2D eigenvalue weighted by Gasteiger charge is -2.06. The number of fused-ring (bicyclic) bond motifs is 1. The van der Waals surface area contributed by atoms with Gasteiger partial charge in [0.25, 0.3) is 0 Å². The summed E-state index contributed by atoms with van der Waals surface area (Å²) in [5.41, 5.74) is 0.532. The molecule has 0 saturated carbocycles. The molecule has 17 heavy (non-hydrogen) atoms. The first-order chi connectivity index (χ1) is 8.15. The first kappa shape index (κ1) is 12.3. The van der Waals surface area contributed by atoms with Crippen LogP contribution in [0.3, 0.4) is 0 Å². The van der Waals surface area contributed by atoms with Gasteiger partial charge in [0.1, 0.15) is 0 Å². The number of aromatic nitrogens is 1. The number of alkyl halides is 1. The van der Waals surface area contributed by atoms with Crippen LogP contribution in [0.4, 0.5) is 0 Å². The zero-order valence-corrected chi connectivity index (χ0v) is 10.7. The molecule has 2 rings (SSSR count). The zero-order chi connectivity index (χ0) is 12.3. The van der Waals surface area contributed by atoms with Crippen molar-refractivity contribution >= 4 is 32.3 Å². The number of rotatable bonds is 4. The molecule has 1 aromatic heterocycles. The molecule has 3 nitrogen and oxygen atoms in total. The Labute approximate surface area is 105 Å². The molecule has 0 radical (unpaired) electrons. The highest BCUT2D eigenvalue weighted by Crippen LogP contribution is 2.22. The first-order valence-corrected chi connectivity index (χ1v) is 7.46. The minimum Gasteiger partial charge on any atom is -0.255 e. The van der Waals surface area contributed by atoms with Gasteiger partial charge in [-0.3, -0.25) is 4.98 Å². The second-order valence-electron chi connectivity index (χ2n) is 3.69. The molecule has 1 heterocycles. The molecule has 0 N–H and O–H groups in total. The number of benzene rings is 1. The third-order valence-electron chi connectivity index (χ3n) is 2.48. The van der Waals surface area contributed by atoms with Gasteiger partial charge in [0, 0.05) is 17.5 Å². The molecular weight excluding hydrogens is 258 g/mol. The Hall–Kier alpha value is -1.13. The third kappa shape index (κ3) is 2.58. The second kappa shape index (κ2) is 5.02. The molecule has 1 aromatic carbocycles. The molecule has 0 spiro atoms. The molecule has 0 aliphatic rings. The van der Waals surface area contributed by atoms with Crippen molar-refractivity contribution in [3.63, 3.8) is 0 Å². The molecule has 5 heteroatoms. The first-order valence-electron chi connectivity index (χ1n) is 5.27. The van der Waals surface area contributed by atoms with Gasteiger partial charge in [-0.05, 0) is 18.6 Å². The van der Waals surface area contributed by atoms with E-state index in [1.807, 2.05) is 12.1 Å². The Bertz CT molecular complexity index is 620. The lowest BCUT2D eigenvalue weighted by Crippen LogP contribution is -2.08. The molecule has 0 aliphatic carbocycles. The summed E-state index contributed by atoms with van der Waals surface area (Å²) in [6.45, 7) is 0. The summed E-state index contributed by atoms with van der Waals surface area (Å²) in [6, 6.07) is 8.82. The number of hydrogen-bond acceptors (Lipinski definition) is 3. The van der Waals surface area contributed by atoms with Gasteiger partial charge in [-0.15, -0.1) is 11.6 Å². The van der Waals surface area contributed by atoms with E-state index in [1.54, 1.807) is 24.4 Å². The van der Waals surface area contributed by atoms with Gasteiger partial charge in [0.2, 0.25) is 0 Å². The number of hydrogen-bond donors (Lipinski definition) is 0. The number of pyridine rings is 1. The molecule has 0 bridgehead atoms. The molecule has 0 aliphatic heterocycles. The minimum atomic E-state index is -3.30. The normalized spacial score (nSPS) is 11.8. The summed E-state index contributed by atoms with van der Waals surface area (Å²) < 4.78 is 24.2. The predicted octanol–water partition coefficient (Wildman–Crippen LogP) is 2.64. The van der Waals surface area contributed by atoms with E-state index in [0.717, 1.165) is 5.39 Å². The molecule has 0 atom stereocenters. The van der Waals surface area contributed by atoms with E-state index in [2.05, 4.69) is 4.98 Å². The van der Waals surface area contributed by atoms with Crippen molar-refractivity contribution in [2.75, 3.05) is 11.6 Å². The number of halogens is 1. The molecule has 0 amide bonds. The second-order valence-corrected chi connectivity index (χ2v) is 6.15. The highest BCUT2D eigenvalue weighted by Gasteiger charge is 2.17. The maximum absolute atomic E-state index is 12.1. The summed E-state index contributed by atoms with van der Waals surface area (Å²) in [7, 11) is -3.30. The standard InChI is InChI=1S/C12H12ClNO2S/c13-7-3-9-17(15,16)11-6-1-4-10-5-2-8-14-12(10)11/h1-2,4-6,8H,3,7,9H2. The highest BCUT2D eigenvalue weighted by molar-refractivity contribution is 7.91. The van der Waals surface area contributed by atoms with E-state index in [-0.39, 0.29) is 5.75 Å². The monoisotopic (exact) mass is 269 g/mol. The van der Waals surface area contributed by atoms with Crippen LogP contribution in [-0.2, 0) is 9.84 Å². The Balaban J connectivity index is 2.55. The van der Waals surface area contributed by atoms with Crippen LogP contribution in [0.25, 0.3) is 10.9 Å². The van der Waals surface area contributed by atoms with E-state index in [1.165, 1.54) is 0 Å². The van der Waals surface area contributed by atoms with E-state index < -0.39 is 9.84 Å². The van der Waals surface area contributed by atoms with Crippen molar-refractivity contribution in [1.29, 1.82) is 0 Å². The summed E-state index contributed by atoms with van der Waals surface area (Å²) in [6.07, 6.45) is 2.05. The van der Waals surface area contributed by atoms with Gasteiger partial charge in [0.05, 0.1) is 16.2 Å². The number of nitrogens with zero attached hydrogens (tertiary/aromatic N) is 1. The predicted molar refractivity (Wildman–Crippen MR) is 69.1 cm³/mol. The fourth-order valence-electron chi connectivity index (χ4n) is 1.68. The summed E-state index contributed by atoms with van der Waals surface area (Å²) in [5.74, 6) is 0.406. The molecule has 0 saturated heterocycles. The van der Waals surface area contributed by atoms with Crippen LogP contribution in [0.15, 0.2) is 41.4 Å². The van der Waals surface area contributed by atoms with Crippen LogP contribution in [0, 0.1) is 0 Å². The Morgan fingerprint density at radius 3 is 2.71 bits per heavy atom. The Morgan fingerprint density at radius 2 is 1.94 bits per heavy atom. The van der Waals surface area contributed by atoms with Crippen molar-refractivity contribution in [3.05, 3.63) is 36.5 Å². The summed E-state index contributed by atoms with van der Waals surface area (Å²) in [5, 5.41) is 0.833. The van der Waals surface area contributed by atoms with Gasteiger partial charge in [-0.2, -0.15) is 0 Å². The van der Waals surface area contributed by atoms with E-state index in [9.17, 15) is 8.42 Å². The summed E-state index contributed by atoms with van der Waals surface area (Å²) >= 11 is 5.53. The maximum Gasteiger partial charge on any atom is 0.180 e. The van der Waals surface area contributed by atoms with Gasteiger partial charge in [-0.1, -0.05) is 18.2 Å². The van der Waals surface area contributed by atoms with Crippen LogP contribution in [0.2, 0.25) is 0 Å². The lowest BCUT2D eigenvalue weighted by atomic mass is 10.2. The largest absolute Gasteiger partial charge is 0.255 e. The summed E-state index contributed by atoms with van der Waals surface area (Å²) in [4.78, 5) is 4.44. The van der Waals surface area contributed by atoms with Gasteiger partial charge in [0.15, 0.2) is 9.84 Å². The van der Waals surface area contributed by atoms with Crippen LogP contribution in [0.1, 0.15) is 6.42 Å². The van der Waals surface area contributed by atoms with Crippen molar-refractivity contribution in [1.82, 2.24) is 4.98 Å². The lowest BCUT2D eigenvalue weighted by molar-refractivity contribution is 0.595. The third-order valence-corrected chi connectivity index (χ3v) is 4.57. The smallest absolute Gasteiger partial charge is 0.180 e. The van der Waals surface area contributed by atoms with Gasteiger partial charge < -0.3 is 0 Å². The number of sulfone groups is 1. The SMILES string of the molecule is O=S(=O)(CCCCl)c1cccc2cccnc12. The van der Waals surface area contributed by atoms with Crippen molar-refractivity contribution in [2.24, 2.45) is 0 Å². The topological polar surface area (TPSA) is 47.0 Å². The van der Waals surface area contributed by atoms with Crippen LogP contribution >= 0.6 is 11.6 Å². The van der Waals surface area contributed by atoms with Crippen molar-refractivity contribution < 1.29 is 8.42 Å². The van der Waals surface area contributed by atoms with Crippen LogP contribution < -0.4 is 0 Å². The molecule has 90 valence electrons. The average molecular weight is 270 g/mol. The van der Waals surface area contributed by atoms with Crippen LogP contribution in [0.5, 0.6) is 0 Å². The van der Waals surface area contributed by atoms with Gasteiger partial charge >= 0.3 is 0 Å². The van der Waals surface area contributed by atoms with E-state index in [0.29, 0.717) is 22.7 Å². The Kier molecular flexibility index (Phi) is 3.64. The minimum absolute atomic E-state index is 0.0617. The average Bonchev–Trinajstić information content (AvgIpc) is 2.36. The quantitative estimate of drug-likeness (QED) is 0.802. The Morgan fingerprint density at radius 1 is 1.18 bits per heavy atom. The highest BCUT2D eigenvalue weighted by atomic mass is 35.5.